The number of likely N-dealkylation sites (N-methyl/N-ethyl adjacent to an activating group) is 1. The van der Waals surface area contributed by atoms with Crippen molar-refractivity contribution < 1.29 is 29.3 Å². The number of aliphatic hydroxyl groups excluding tert-OH is 2. The summed E-state index contributed by atoms with van der Waals surface area (Å²) in [6, 6.07) is -1.38. The normalized spacial score (nSPS) is 21.0. The molecule has 1 saturated heterocycles. The van der Waals surface area contributed by atoms with Crippen LogP contribution in [0, 0.1) is 11.8 Å². The number of nitrogens with one attached hydrogen (secondary N) is 2. The summed E-state index contributed by atoms with van der Waals surface area (Å²) in [7, 11) is 1.96. The maximum Gasteiger partial charge on any atom is 0.357 e. The van der Waals surface area contributed by atoms with E-state index >= 15 is 0 Å². The fraction of sp³-hybridized carbons (Fsp3) is 0.758. The lowest BCUT2D eigenvalue weighted by molar-refractivity contribution is -0.137. The van der Waals surface area contributed by atoms with Crippen molar-refractivity contribution in [1.82, 2.24) is 25.4 Å². The third-order valence-corrected chi connectivity index (χ3v) is 10.1. The van der Waals surface area contributed by atoms with E-state index < -0.39 is 30.4 Å². The molecule has 1 aromatic heterocycles. The van der Waals surface area contributed by atoms with Crippen molar-refractivity contribution in [2.24, 2.45) is 11.8 Å². The van der Waals surface area contributed by atoms with Gasteiger partial charge in [-0.2, -0.15) is 0 Å². The van der Waals surface area contributed by atoms with Crippen molar-refractivity contribution in [2.45, 2.75) is 123 Å². The molecule has 3 rings (SSSR count). The molecule has 1 aliphatic heterocycles. The lowest BCUT2D eigenvalue weighted by Crippen LogP contribution is -2.62. The predicted molar refractivity (Wildman–Crippen MR) is 175 cm³/mol. The molecule has 1 fully saturated rings. The van der Waals surface area contributed by atoms with Gasteiger partial charge < -0.3 is 25.6 Å². The lowest BCUT2D eigenvalue weighted by atomic mass is 9.91. The summed E-state index contributed by atoms with van der Waals surface area (Å²) in [5, 5.41) is 31.6. The van der Waals surface area contributed by atoms with Crippen molar-refractivity contribution in [2.75, 3.05) is 26.7 Å². The van der Waals surface area contributed by atoms with Gasteiger partial charge >= 0.3 is 5.97 Å². The number of nitrogens with zero attached hydrogens (tertiary/aromatic N) is 3. The van der Waals surface area contributed by atoms with Crippen LogP contribution in [0.2, 0.25) is 0 Å². The lowest BCUT2D eigenvalue weighted by Gasteiger charge is -2.43. The minimum atomic E-state index is -1.20. The summed E-state index contributed by atoms with van der Waals surface area (Å²) >= 11 is 1.17. The van der Waals surface area contributed by atoms with Gasteiger partial charge in [-0.05, 0) is 77.3 Å². The van der Waals surface area contributed by atoms with Crippen molar-refractivity contribution in [3.8, 4) is 0 Å². The molecule has 6 atom stereocenters. The zero-order valence-corrected chi connectivity index (χ0v) is 28.8. The van der Waals surface area contributed by atoms with Gasteiger partial charge in [0.15, 0.2) is 5.69 Å². The summed E-state index contributed by atoms with van der Waals surface area (Å²) in [5.74, 6) is -1.09. The molecule has 1 aliphatic carbocycles. The van der Waals surface area contributed by atoms with Gasteiger partial charge in [0.05, 0.1) is 25.2 Å². The Labute approximate surface area is 272 Å². The van der Waals surface area contributed by atoms with E-state index in [1.807, 2.05) is 34.7 Å². The fourth-order valence-electron chi connectivity index (χ4n) is 6.24. The molecule has 0 radical (unpaired) electrons. The number of piperidine rings is 1. The van der Waals surface area contributed by atoms with E-state index in [1.165, 1.54) is 11.3 Å². The minimum Gasteiger partial charge on any atom is -0.461 e. The van der Waals surface area contributed by atoms with E-state index in [0.717, 1.165) is 57.2 Å². The van der Waals surface area contributed by atoms with E-state index in [0.29, 0.717) is 11.4 Å². The van der Waals surface area contributed by atoms with Crippen molar-refractivity contribution >= 4 is 29.1 Å². The monoisotopic (exact) mass is 649 g/mol. The summed E-state index contributed by atoms with van der Waals surface area (Å²) < 4.78 is 5.05. The molecule has 2 heterocycles. The molecule has 1 aromatic rings. The Balaban J connectivity index is 1.90. The van der Waals surface area contributed by atoms with Gasteiger partial charge in [0.25, 0.3) is 0 Å². The highest BCUT2D eigenvalue weighted by Crippen LogP contribution is 2.30. The first kappa shape index (κ1) is 37.1. The molecule has 0 saturated carbocycles. The van der Waals surface area contributed by atoms with Crippen molar-refractivity contribution in [1.29, 1.82) is 0 Å². The SMILES string of the molecule is CCOC(=O)c1csc([C@H](O)C[C@H](C(C)C)N(CC(=O)NC2=CCCCC2)C(O)[C@@H](NC(=O)[C@H]2CCCCN2C)[C@@H](C)CC)n1. The number of rotatable bonds is 16. The Hall–Kier alpha value is -2.38. The first-order chi connectivity index (χ1) is 21.5. The second-order valence-electron chi connectivity index (χ2n) is 12.9. The van der Waals surface area contributed by atoms with Gasteiger partial charge in [0, 0.05) is 17.1 Å². The topological polar surface area (TPSA) is 144 Å². The van der Waals surface area contributed by atoms with E-state index in [2.05, 4.69) is 26.6 Å². The summed E-state index contributed by atoms with van der Waals surface area (Å²) in [5.41, 5.74) is 1.03. The molecular weight excluding hydrogens is 594 g/mol. The highest BCUT2D eigenvalue weighted by molar-refractivity contribution is 7.09. The number of hydrogen-bond donors (Lipinski definition) is 4. The maximum atomic E-state index is 13.6. The highest BCUT2D eigenvalue weighted by atomic mass is 32.1. The van der Waals surface area contributed by atoms with Crippen LogP contribution < -0.4 is 10.6 Å². The van der Waals surface area contributed by atoms with Crippen LogP contribution in [-0.4, -0.2) is 93.9 Å². The van der Waals surface area contributed by atoms with Gasteiger partial charge in [-0.1, -0.05) is 46.6 Å². The van der Waals surface area contributed by atoms with Crippen molar-refractivity contribution in [3.63, 3.8) is 0 Å². The molecule has 0 spiro atoms. The molecule has 45 heavy (non-hydrogen) atoms. The Morgan fingerprint density at radius 2 is 1.91 bits per heavy atom. The second-order valence-corrected chi connectivity index (χ2v) is 13.8. The number of aliphatic hydroxyl groups is 2. The largest absolute Gasteiger partial charge is 0.461 e. The first-order valence-corrected chi connectivity index (χ1v) is 17.6. The van der Waals surface area contributed by atoms with Gasteiger partial charge in [-0.15, -0.1) is 11.3 Å². The number of allylic oxidation sites excluding steroid dienone is 2. The number of amides is 2. The summed E-state index contributed by atoms with van der Waals surface area (Å²) in [6.07, 6.45) is 7.29. The molecular formula is C33H55N5O6S. The molecule has 4 N–H and O–H groups in total. The van der Waals surface area contributed by atoms with Gasteiger partial charge in [-0.3, -0.25) is 19.4 Å². The number of likely N-dealkylation sites (tertiary alicyclic amines) is 1. The standard InChI is InChI=1S/C33H55N5O6S/c1-7-22(5)29(36-30(41)25-16-12-13-17-37(25)6)32(42)38(19-28(40)34-23-14-10-9-11-15-23)26(21(3)4)18-27(39)31-35-24(20-45-31)33(43)44-8-2/h14,20-22,25-27,29,32,39,42H,7-13,15-19H2,1-6H3,(H,34,40)(H,36,41)/t22-,25+,26+,27+,29-,32?/m0/s1. The first-order valence-electron chi connectivity index (χ1n) is 16.7. The van der Waals surface area contributed by atoms with Crippen LogP contribution >= 0.6 is 11.3 Å². The van der Waals surface area contributed by atoms with Crippen LogP contribution in [0.4, 0.5) is 0 Å². The minimum absolute atomic E-state index is 0.0850. The van der Waals surface area contributed by atoms with Crippen LogP contribution in [0.1, 0.15) is 114 Å². The average Bonchev–Trinajstić information content (AvgIpc) is 3.52. The number of aromatic nitrogens is 1. The Morgan fingerprint density at radius 1 is 1.16 bits per heavy atom. The highest BCUT2D eigenvalue weighted by Gasteiger charge is 2.39. The van der Waals surface area contributed by atoms with E-state index in [1.54, 1.807) is 17.2 Å². The quantitative estimate of drug-likeness (QED) is 0.154. The van der Waals surface area contributed by atoms with Gasteiger partial charge in [0.1, 0.15) is 17.3 Å². The molecule has 2 amide bonds. The van der Waals surface area contributed by atoms with E-state index in [4.69, 9.17) is 4.74 Å². The third kappa shape index (κ3) is 10.6. The molecule has 0 bridgehead atoms. The summed E-state index contributed by atoms with van der Waals surface area (Å²) in [6.45, 7) is 10.7. The molecule has 0 aromatic carbocycles. The number of esters is 1. The summed E-state index contributed by atoms with van der Waals surface area (Å²) in [4.78, 5) is 47.4. The number of thiazole rings is 1. The molecule has 1 unspecified atom stereocenters. The van der Waals surface area contributed by atoms with E-state index in [-0.39, 0.29) is 55.0 Å². The molecule has 12 heteroatoms. The fourth-order valence-corrected chi connectivity index (χ4v) is 7.03. The molecule has 11 nitrogen and oxygen atoms in total. The van der Waals surface area contributed by atoms with E-state index in [9.17, 15) is 24.6 Å². The van der Waals surface area contributed by atoms with Crippen LogP contribution in [-0.2, 0) is 14.3 Å². The third-order valence-electron chi connectivity index (χ3n) is 9.17. The molecule has 2 aliphatic rings. The van der Waals surface area contributed by atoms with Crippen LogP contribution in [0.3, 0.4) is 0 Å². The van der Waals surface area contributed by atoms with Gasteiger partial charge in [0.2, 0.25) is 11.8 Å². The molecule has 254 valence electrons. The van der Waals surface area contributed by atoms with Gasteiger partial charge in [-0.25, -0.2) is 9.78 Å². The number of hydrogen-bond acceptors (Lipinski definition) is 10. The Kier molecular flexibility index (Phi) is 14.9. The second kappa shape index (κ2) is 18.1. The van der Waals surface area contributed by atoms with Crippen LogP contribution in [0.15, 0.2) is 17.2 Å². The zero-order valence-electron chi connectivity index (χ0n) is 28.0. The Morgan fingerprint density at radius 3 is 2.53 bits per heavy atom. The maximum absolute atomic E-state index is 13.6. The smallest absolute Gasteiger partial charge is 0.357 e. The number of carbonyl (C=O) groups excluding carboxylic acids is 3. The van der Waals surface area contributed by atoms with Crippen LogP contribution in [0.25, 0.3) is 0 Å². The zero-order chi connectivity index (χ0) is 33.1. The Bertz CT molecular complexity index is 1140. The average molecular weight is 650 g/mol. The van der Waals surface area contributed by atoms with Crippen LogP contribution in [0.5, 0.6) is 0 Å². The predicted octanol–water partition coefficient (Wildman–Crippen LogP) is 3.98. The van der Waals surface area contributed by atoms with Crippen molar-refractivity contribution in [3.05, 3.63) is 27.9 Å². The number of carbonyl (C=O) groups is 3. The number of ether oxygens (including phenoxy) is 1.